The Morgan fingerprint density at radius 2 is 2.00 bits per heavy atom. The lowest BCUT2D eigenvalue weighted by Gasteiger charge is -2.30. The van der Waals surface area contributed by atoms with Gasteiger partial charge in [-0.2, -0.15) is 0 Å². The van der Waals surface area contributed by atoms with Crippen LogP contribution in [0.5, 0.6) is 0 Å². The predicted octanol–water partition coefficient (Wildman–Crippen LogP) is 3.83. The second-order valence-corrected chi connectivity index (χ2v) is 7.33. The van der Waals surface area contributed by atoms with Crippen molar-refractivity contribution in [1.29, 1.82) is 0 Å². The Balaban J connectivity index is 1.43. The van der Waals surface area contributed by atoms with E-state index in [0.717, 1.165) is 49.2 Å². The van der Waals surface area contributed by atoms with E-state index in [4.69, 9.17) is 4.99 Å². The molecule has 3 heterocycles. The van der Waals surface area contributed by atoms with Gasteiger partial charge in [-0.25, -0.2) is 15.0 Å². The minimum Gasteiger partial charge on any atom is -0.356 e. The number of nitrogens with zero attached hydrogens (tertiary/aromatic N) is 5. The lowest BCUT2D eigenvalue weighted by atomic mass is 10.00. The van der Waals surface area contributed by atoms with E-state index in [1.54, 1.807) is 6.20 Å². The molecule has 0 amide bonds. The fourth-order valence-electron chi connectivity index (χ4n) is 3.64. The summed E-state index contributed by atoms with van der Waals surface area (Å²) in [6.07, 6.45) is 8.94. The Labute approximate surface area is 178 Å². The van der Waals surface area contributed by atoms with E-state index in [-0.39, 0.29) is 0 Å². The monoisotopic (exact) mass is 400 g/mol. The van der Waals surface area contributed by atoms with Crippen LogP contribution in [0.25, 0.3) is 11.4 Å². The van der Waals surface area contributed by atoms with Gasteiger partial charge in [0.25, 0.3) is 0 Å². The Hall–Kier alpha value is -3.41. The van der Waals surface area contributed by atoms with Crippen molar-refractivity contribution in [2.45, 2.75) is 26.8 Å². The minimum absolute atomic E-state index is 0.601. The third-order valence-corrected chi connectivity index (χ3v) is 5.28. The number of aromatic nitrogens is 3. The predicted molar refractivity (Wildman–Crippen MR) is 122 cm³/mol. The molecule has 154 valence electrons. The van der Waals surface area contributed by atoms with Gasteiger partial charge in [0.05, 0.1) is 6.54 Å². The number of aliphatic imine (C=N–C) groups is 1. The zero-order valence-electron chi connectivity index (χ0n) is 17.6. The van der Waals surface area contributed by atoms with Crippen LogP contribution >= 0.6 is 0 Å². The van der Waals surface area contributed by atoms with Crippen molar-refractivity contribution < 1.29 is 0 Å². The molecular weight excluding hydrogens is 372 g/mol. The van der Waals surface area contributed by atoms with Crippen molar-refractivity contribution in [3.63, 3.8) is 0 Å². The van der Waals surface area contributed by atoms with Gasteiger partial charge >= 0.3 is 0 Å². The zero-order valence-corrected chi connectivity index (χ0v) is 17.6. The Bertz CT molecular complexity index is 1020. The zero-order chi connectivity index (χ0) is 20.8. The molecule has 0 fully saturated rings. The molecule has 6 nitrogen and oxygen atoms in total. The number of pyridine rings is 1. The molecule has 6 heteroatoms. The normalized spacial score (nSPS) is 14.5. The van der Waals surface area contributed by atoms with E-state index >= 15 is 0 Å². The fraction of sp³-hybridized carbons (Fsp3) is 0.292. The highest BCUT2D eigenvalue weighted by molar-refractivity contribution is 5.81. The maximum absolute atomic E-state index is 4.86. The standard InChI is InChI=1S/C24H28N6/c1-3-25-24(29-14-11-22(12-15-29)21-7-5-4-6-8-21)28-18-20-9-10-23(27-17-20)30-16-13-26-19(30)2/h4-11,13,16-17H,3,12,14-15,18H2,1-2H3,(H,25,28). The molecule has 3 aromatic rings. The molecule has 0 bridgehead atoms. The first-order valence-electron chi connectivity index (χ1n) is 10.5. The van der Waals surface area contributed by atoms with Gasteiger partial charge in [-0.15, -0.1) is 0 Å². The maximum atomic E-state index is 4.86. The first kappa shape index (κ1) is 19.9. The summed E-state index contributed by atoms with van der Waals surface area (Å²) in [5.74, 6) is 2.75. The third-order valence-electron chi connectivity index (χ3n) is 5.28. The van der Waals surface area contributed by atoms with Gasteiger partial charge in [0.1, 0.15) is 11.6 Å². The topological polar surface area (TPSA) is 58.3 Å². The summed E-state index contributed by atoms with van der Waals surface area (Å²) in [5, 5.41) is 3.43. The quantitative estimate of drug-likeness (QED) is 0.522. The van der Waals surface area contributed by atoms with Crippen LogP contribution in [0.1, 0.15) is 30.3 Å². The lowest BCUT2D eigenvalue weighted by Crippen LogP contribution is -2.43. The summed E-state index contributed by atoms with van der Waals surface area (Å²) in [4.78, 5) is 16.0. The number of benzene rings is 1. The fourth-order valence-corrected chi connectivity index (χ4v) is 3.64. The van der Waals surface area contributed by atoms with E-state index in [2.05, 4.69) is 69.6 Å². The first-order chi connectivity index (χ1) is 14.7. The van der Waals surface area contributed by atoms with Crippen LogP contribution in [0.3, 0.4) is 0 Å². The van der Waals surface area contributed by atoms with Crippen LogP contribution < -0.4 is 5.32 Å². The summed E-state index contributed by atoms with van der Waals surface area (Å²) in [7, 11) is 0. The highest BCUT2D eigenvalue weighted by Gasteiger charge is 2.16. The van der Waals surface area contributed by atoms with Crippen LogP contribution in [0.15, 0.2) is 72.1 Å². The molecule has 0 radical (unpaired) electrons. The average Bonchev–Trinajstić information content (AvgIpc) is 3.23. The number of rotatable bonds is 5. The lowest BCUT2D eigenvalue weighted by molar-refractivity contribution is 0.440. The average molecular weight is 401 g/mol. The van der Waals surface area contributed by atoms with Crippen molar-refractivity contribution in [2.24, 2.45) is 4.99 Å². The van der Waals surface area contributed by atoms with Gasteiger partial charge in [-0.05, 0) is 43.0 Å². The van der Waals surface area contributed by atoms with Crippen LogP contribution in [0.4, 0.5) is 0 Å². The van der Waals surface area contributed by atoms with Gasteiger partial charge in [0.2, 0.25) is 0 Å². The van der Waals surface area contributed by atoms with Crippen molar-refractivity contribution in [3.8, 4) is 5.82 Å². The van der Waals surface area contributed by atoms with Crippen LogP contribution in [-0.4, -0.2) is 45.0 Å². The van der Waals surface area contributed by atoms with Gasteiger partial charge in [-0.1, -0.05) is 42.5 Å². The Morgan fingerprint density at radius 3 is 2.63 bits per heavy atom. The van der Waals surface area contributed by atoms with E-state index in [9.17, 15) is 0 Å². The van der Waals surface area contributed by atoms with Gasteiger partial charge in [0, 0.05) is 38.2 Å². The van der Waals surface area contributed by atoms with Crippen LogP contribution in [0.2, 0.25) is 0 Å². The second kappa shape index (κ2) is 9.39. The SMILES string of the molecule is CCNC(=NCc1ccc(-n2ccnc2C)nc1)N1CC=C(c2ccccc2)CC1. The Morgan fingerprint density at radius 1 is 1.13 bits per heavy atom. The van der Waals surface area contributed by atoms with E-state index in [1.165, 1.54) is 11.1 Å². The number of imidazole rings is 1. The molecule has 1 aromatic carbocycles. The highest BCUT2D eigenvalue weighted by atomic mass is 15.3. The molecule has 4 rings (SSSR count). The van der Waals surface area contributed by atoms with E-state index in [0.29, 0.717) is 6.54 Å². The molecule has 0 aliphatic carbocycles. The summed E-state index contributed by atoms with van der Waals surface area (Å²) in [6, 6.07) is 14.7. The summed E-state index contributed by atoms with van der Waals surface area (Å²) in [5.41, 5.74) is 3.82. The minimum atomic E-state index is 0.601. The van der Waals surface area contributed by atoms with E-state index < -0.39 is 0 Å². The number of hydrogen-bond donors (Lipinski definition) is 1. The molecule has 1 aliphatic heterocycles. The first-order valence-corrected chi connectivity index (χ1v) is 10.5. The summed E-state index contributed by atoms with van der Waals surface area (Å²) >= 11 is 0. The molecule has 0 atom stereocenters. The third kappa shape index (κ3) is 4.59. The van der Waals surface area contributed by atoms with Crippen molar-refractivity contribution in [1.82, 2.24) is 24.8 Å². The molecule has 0 saturated carbocycles. The van der Waals surface area contributed by atoms with E-state index in [1.807, 2.05) is 30.0 Å². The molecule has 1 aliphatic rings. The molecule has 0 saturated heterocycles. The summed E-state index contributed by atoms with van der Waals surface area (Å²) in [6.45, 7) is 7.36. The maximum Gasteiger partial charge on any atom is 0.194 e. The van der Waals surface area contributed by atoms with Crippen molar-refractivity contribution >= 4 is 11.5 Å². The van der Waals surface area contributed by atoms with Crippen molar-refractivity contribution in [2.75, 3.05) is 19.6 Å². The van der Waals surface area contributed by atoms with Gasteiger partial charge in [0.15, 0.2) is 5.96 Å². The smallest absolute Gasteiger partial charge is 0.194 e. The number of aryl methyl sites for hydroxylation is 1. The molecule has 30 heavy (non-hydrogen) atoms. The number of nitrogens with one attached hydrogen (secondary N) is 1. The molecular formula is C24H28N6. The van der Waals surface area contributed by atoms with Crippen LogP contribution in [-0.2, 0) is 6.54 Å². The van der Waals surface area contributed by atoms with Gasteiger partial charge < -0.3 is 10.2 Å². The number of hydrogen-bond acceptors (Lipinski definition) is 3. The van der Waals surface area contributed by atoms with Crippen LogP contribution in [0, 0.1) is 6.92 Å². The highest BCUT2D eigenvalue weighted by Crippen LogP contribution is 2.22. The second-order valence-electron chi connectivity index (χ2n) is 7.33. The largest absolute Gasteiger partial charge is 0.356 e. The van der Waals surface area contributed by atoms with Crippen molar-refractivity contribution in [3.05, 3.63) is 84.1 Å². The molecule has 0 unspecified atom stereocenters. The van der Waals surface area contributed by atoms with Gasteiger partial charge in [-0.3, -0.25) is 4.57 Å². The summed E-state index contributed by atoms with van der Waals surface area (Å²) < 4.78 is 1.97. The molecule has 0 spiro atoms. The molecule has 1 N–H and O–H groups in total. The molecule has 2 aromatic heterocycles. The number of guanidine groups is 1. The Kier molecular flexibility index (Phi) is 6.23.